The van der Waals surface area contributed by atoms with Crippen molar-refractivity contribution in [3.05, 3.63) is 18.0 Å². The fourth-order valence-electron chi connectivity index (χ4n) is 0.572. The molecule has 0 saturated carbocycles. The van der Waals surface area contributed by atoms with Crippen LogP contribution in [0, 0.1) is 0 Å². The van der Waals surface area contributed by atoms with Crippen LogP contribution < -0.4 is 0 Å². The third-order valence-corrected chi connectivity index (χ3v) is 1.03. The first-order valence-corrected chi connectivity index (χ1v) is 2.84. The van der Waals surface area contributed by atoms with Crippen LogP contribution in [0.4, 0.5) is 0 Å². The van der Waals surface area contributed by atoms with Crippen LogP contribution in [0.3, 0.4) is 0 Å². The summed E-state index contributed by atoms with van der Waals surface area (Å²) in [6.07, 6.45) is 3.26. The van der Waals surface area contributed by atoms with E-state index >= 15 is 0 Å². The van der Waals surface area contributed by atoms with Gasteiger partial charge >= 0.3 is 0 Å². The average molecular weight is 154 g/mol. The van der Waals surface area contributed by atoms with E-state index in [1.165, 1.54) is 19.6 Å². The predicted octanol–water partition coefficient (Wildman–Crippen LogP) is 0.224. The second kappa shape index (κ2) is 3.50. The van der Waals surface area contributed by atoms with Gasteiger partial charge in [-0.2, -0.15) is 0 Å². The van der Waals surface area contributed by atoms with Crippen LogP contribution in [0.1, 0.15) is 5.56 Å². The normalized spacial score (nSPS) is 11.2. The Labute approximate surface area is 62.6 Å². The Hall–Kier alpha value is -1.65. The van der Waals surface area contributed by atoms with Gasteiger partial charge in [-0.15, -0.1) is 0 Å². The number of rotatable bonds is 3. The SMILES string of the molecule is CO/N=C(\C=O)c1cnoc1. The van der Waals surface area contributed by atoms with E-state index in [2.05, 4.69) is 19.7 Å². The number of carbonyl (C=O) groups is 1. The maximum atomic E-state index is 10.3. The summed E-state index contributed by atoms with van der Waals surface area (Å²) in [7, 11) is 1.36. The van der Waals surface area contributed by atoms with Crippen molar-refractivity contribution in [1.29, 1.82) is 0 Å². The summed E-state index contributed by atoms with van der Waals surface area (Å²) < 4.78 is 4.50. The third-order valence-electron chi connectivity index (χ3n) is 1.03. The minimum Gasteiger partial charge on any atom is -0.399 e. The summed E-state index contributed by atoms with van der Waals surface area (Å²) in [5.74, 6) is 0. The number of aromatic nitrogens is 1. The van der Waals surface area contributed by atoms with Crippen LogP contribution in [-0.2, 0) is 9.63 Å². The summed E-state index contributed by atoms with van der Waals surface area (Å²) in [5.41, 5.74) is 0.663. The quantitative estimate of drug-likeness (QED) is 0.355. The van der Waals surface area contributed by atoms with Gasteiger partial charge in [0.1, 0.15) is 13.4 Å². The van der Waals surface area contributed by atoms with Gasteiger partial charge in [-0.05, 0) is 0 Å². The van der Waals surface area contributed by atoms with Gasteiger partial charge in [0.05, 0.1) is 11.8 Å². The highest BCUT2D eigenvalue weighted by atomic mass is 16.6. The molecular formula is C6H6N2O3. The number of aldehydes is 1. The van der Waals surface area contributed by atoms with Crippen molar-refractivity contribution in [2.45, 2.75) is 0 Å². The van der Waals surface area contributed by atoms with Gasteiger partial charge in [-0.1, -0.05) is 10.3 Å². The molecule has 1 aromatic rings. The molecule has 0 saturated heterocycles. The Morgan fingerprint density at radius 2 is 2.73 bits per heavy atom. The Balaban J connectivity index is 2.88. The van der Waals surface area contributed by atoms with Gasteiger partial charge in [0.2, 0.25) is 0 Å². The molecule has 1 heterocycles. The Morgan fingerprint density at radius 3 is 3.18 bits per heavy atom. The molecule has 0 N–H and O–H groups in total. The largest absolute Gasteiger partial charge is 0.399 e. The lowest BCUT2D eigenvalue weighted by Gasteiger charge is -1.89. The lowest BCUT2D eigenvalue weighted by Crippen LogP contribution is -2.00. The third kappa shape index (κ3) is 1.64. The van der Waals surface area contributed by atoms with Gasteiger partial charge < -0.3 is 9.36 Å². The standard InChI is InChI=1S/C6H6N2O3/c1-10-8-6(3-9)5-2-7-11-4-5/h2-4H,1H3/b8-6+. The highest BCUT2D eigenvalue weighted by Crippen LogP contribution is 1.97. The summed E-state index contributed by atoms with van der Waals surface area (Å²) in [4.78, 5) is 14.7. The molecule has 0 amide bonds. The molecule has 1 rings (SSSR count). The first-order chi connectivity index (χ1) is 5.38. The Bertz CT molecular complexity index is 253. The smallest absolute Gasteiger partial charge is 0.172 e. The number of carbonyl (C=O) groups excluding carboxylic acids is 1. The van der Waals surface area contributed by atoms with E-state index in [1.807, 2.05) is 0 Å². The maximum absolute atomic E-state index is 10.3. The van der Waals surface area contributed by atoms with Gasteiger partial charge in [-0.3, -0.25) is 4.79 Å². The van der Waals surface area contributed by atoms with E-state index in [0.717, 1.165) is 0 Å². The van der Waals surface area contributed by atoms with E-state index in [1.54, 1.807) is 0 Å². The highest BCUT2D eigenvalue weighted by Gasteiger charge is 2.04. The lowest BCUT2D eigenvalue weighted by atomic mass is 10.2. The van der Waals surface area contributed by atoms with Crippen LogP contribution in [0.2, 0.25) is 0 Å². The molecule has 0 aromatic carbocycles. The fourth-order valence-corrected chi connectivity index (χ4v) is 0.572. The second-order valence-corrected chi connectivity index (χ2v) is 1.69. The lowest BCUT2D eigenvalue weighted by molar-refractivity contribution is -0.102. The zero-order chi connectivity index (χ0) is 8.10. The van der Waals surface area contributed by atoms with Crippen molar-refractivity contribution in [3.8, 4) is 0 Å². The Kier molecular flexibility index (Phi) is 2.37. The monoisotopic (exact) mass is 154 g/mol. The summed E-state index contributed by atoms with van der Waals surface area (Å²) in [6.45, 7) is 0. The average Bonchev–Trinajstić information content (AvgIpc) is 2.52. The van der Waals surface area contributed by atoms with E-state index in [-0.39, 0.29) is 5.71 Å². The maximum Gasteiger partial charge on any atom is 0.172 e. The van der Waals surface area contributed by atoms with E-state index in [0.29, 0.717) is 11.8 Å². The minimum atomic E-state index is 0.161. The predicted molar refractivity (Wildman–Crippen MR) is 36.1 cm³/mol. The number of hydrogen-bond acceptors (Lipinski definition) is 5. The summed E-state index contributed by atoms with van der Waals surface area (Å²) in [6, 6.07) is 0. The molecule has 11 heavy (non-hydrogen) atoms. The molecule has 0 radical (unpaired) electrons. The number of hydrogen-bond donors (Lipinski definition) is 0. The van der Waals surface area contributed by atoms with Crippen molar-refractivity contribution in [2.75, 3.05) is 7.11 Å². The summed E-state index contributed by atoms with van der Waals surface area (Å²) >= 11 is 0. The van der Waals surface area contributed by atoms with Crippen LogP contribution in [0.5, 0.6) is 0 Å². The minimum absolute atomic E-state index is 0.161. The van der Waals surface area contributed by atoms with Crippen molar-refractivity contribution in [3.63, 3.8) is 0 Å². The van der Waals surface area contributed by atoms with Gasteiger partial charge in [-0.25, -0.2) is 0 Å². The van der Waals surface area contributed by atoms with Crippen molar-refractivity contribution in [1.82, 2.24) is 5.16 Å². The number of nitrogens with zero attached hydrogens (tertiary/aromatic N) is 2. The van der Waals surface area contributed by atoms with Gasteiger partial charge in [0.15, 0.2) is 12.0 Å². The fraction of sp³-hybridized carbons (Fsp3) is 0.167. The van der Waals surface area contributed by atoms with Crippen molar-refractivity contribution in [2.24, 2.45) is 5.16 Å². The van der Waals surface area contributed by atoms with Crippen molar-refractivity contribution < 1.29 is 14.2 Å². The van der Waals surface area contributed by atoms with Gasteiger partial charge in [0, 0.05) is 0 Å². The van der Waals surface area contributed by atoms with E-state index < -0.39 is 0 Å². The molecule has 0 atom stereocenters. The van der Waals surface area contributed by atoms with Crippen LogP contribution in [0.25, 0.3) is 0 Å². The molecule has 0 fully saturated rings. The Morgan fingerprint density at radius 1 is 1.91 bits per heavy atom. The van der Waals surface area contributed by atoms with Crippen LogP contribution >= 0.6 is 0 Å². The molecule has 58 valence electrons. The first kappa shape index (κ1) is 7.46. The van der Waals surface area contributed by atoms with Crippen molar-refractivity contribution >= 4 is 12.0 Å². The molecule has 0 bridgehead atoms. The molecule has 5 heteroatoms. The van der Waals surface area contributed by atoms with E-state index in [4.69, 9.17) is 0 Å². The van der Waals surface area contributed by atoms with Gasteiger partial charge in [0.25, 0.3) is 0 Å². The number of oxime groups is 1. The molecule has 0 unspecified atom stereocenters. The molecular weight excluding hydrogens is 148 g/mol. The molecule has 0 spiro atoms. The molecule has 5 nitrogen and oxygen atoms in total. The first-order valence-electron chi connectivity index (χ1n) is 2.84. The molecule has 0 aliphatic heterocycles. The van der Waals surface area contributed by atoms with Crippen LogP contribution in [-0.4, -0.2) is 24.3 Å². The summed E-state index contributed by atoms with van der Waals surface area (Å²) in [5, 5.41) is 6.84. The van der Waals surface area contributed by atoms with Crippen LogP contribution in [0.15, 0.2) is 22.1 Å². The molecule has 1 aromatic heterocycles. The van der Waals surface area contributed by atoms with E-state index in [9.17, 15) is 4.79 Å². The molecule has 0 aliphatic rings. The highest BCUT2D eigenvalue weighted by molar-refractivity contribution is 6.35. The zero-order valence-electron chi connectivity index (χ0n) is 5.85. The molecule has 0 aliphatic carbocycles. The zero-order valence-corrected chi connectivity index (χ0v) is 5.85. The topological polar surface area (TPSA) is 64.7 Å². The second-order valence-electron chi connectivity index (χ2n) is 1.69.